The molecular formula is C23H24Cl2N6O. The van der Waals surface area contributed by atoms with Crippen molar-refractivity contribution in [1.82, 2.24) is 15.0 Å². The number of para-hydroxylation sites is 1. The van der Waals surface area contributed by atoms with Gasteiger partial charge < -0.3 is 15.5 Å². The van der Waals surface area contributed by atoms with Gasteiger partial charge in [0.15, 0.2) is 0 Å². The normalized spacial score (nSPS) is 9.97. The fraction of sp³-hybridized carbons (Fsp3) is 0.130. The Labute approximate surface area is 199 Å². The maximum absolute atomic E-state index is 12.5. The third-order valence-corrected chi connectivity index (χ3v) is 4.68. The summed E-state index contributed by atoms with van der Waals surface area (Å²) in [7, 11) is 1.91. The summed E-state index contributed by atoms with van der Waals surface area (Å²) in [5, 5.41) is 6.64. The molecule has 0 aliphatic rings. The molecule has 2 heterocycles. The van der Waals surface area contributed by atoms with Gasteiger partial charge in [-0.3, -0.25) is 4.98 Å². The standard InChI is InChI=1S/C23H22N6O.2ClH/c1-15-14-16(2)26-22(25-15)29(3)18-10-8-17(9-11-18)27-23(30)28-21-12-13-24-20-7-5-4-6-19(20)21;;/h4-14H,1-3H3,(H2,24,27,28,30);2*1H. The van der Waals surface area contributed by atoms with Gasteiger partial charge in [-0.2, -0.15) is 0 Å². The van der Waals surface area contributed by atoms with Crippen molar-refractivity contribution in [1.29, 1.82) is 0 Å². The molecule has 0 saturated carbocycles. The fourth-order valence-corrected chi connectivity index (χ4v) is 3.23. The number of amides is 2. The number of carbonyl (C=O) groups is 1. The van der Waals surface area contributed by atoms with Crippen molar-refractivity contribution in [3.63, 3.8) is 0 Å². The molecule has 0 bridgehead atoms. The van der Waals surface area contributed by atoms with Crippen molar-refractivity contribution in [3.05, 3.63) is 78.2 Å². The molecule has 9 heteroatoms. The first-order valence-electron chi connectivity index (χ1n) is 9.57. The minimum atomic E-state index is -0.315. The van der Waals surface area contributed by atoms with Crippen LogP contribution in [-0.4, -0.2) is 28.0 Å². The predicted octanol–water partition coefficient (Wildman–Crippen LogP) is 5.90. The molecule has 2 aromatic carbocycles. The third kappa shape index (κ3) is 5.63. The number of urea groups is 1. The quantitative estimate of drug-likeness (QED) is 0.387. The number of anilines is 4. The summed E-state index contributed by atoms with van der Waals surface area (Å²) >= 11 is 0. The van der Waals surface area contributed by atoms with Crippen LogP contribution in [0, 0.1) is 13.8 Å². The summed E-state index contributed by atoms with van der Waals surface area (Å²) in [5.74, 6) is 0.635. The van der Waals surface area contributed by atoms with E-state index in [0.717, 1.165) is 28.0 Å². The van der Waals surface area contributed by atoms with Crippen LogP contribution in [0.15, 0.2) is 66.9 Å². The van der Waals surface area contributed by atoms with Gasteiger partial charge in [-0.15, -0.1) is 24.8 Å². The van der Waals surface area contributed by atoms with Gasteiger partial charge in [0.25, 0.3) is 0 Å². The van der Waals surface area contributed by atoms with E-state index < -0.39 is 0 Å². The summed E-state index contributed by atoms with van der Waals surface area (Å²) < 4.78 is 0. The van der Waals surface area contributed by atoms with E-state index in [-0.39, 0.29) is 30.8 Å². The van der Waals surface area contributed by atoms with Gasteiger partial charge in [0.2, 0.25) is 5.95 Å². The van der Waals surface area contributed by atoms with Gasteiger partial charge in [0.1, 0.15) is 0 Å². The van der Waals surface area contributed by atoms with Crippen molar-refractivity contribution in [2.75, 3.05) is 22.6 Å². The van der Waals surface area contributed by atoms with E-state index >= 15 is 0 Å². The van der Waals surface area contributed by atoms with Crippen LogP contribution < -0.4 is 15.5 Å². The molecule has 2 aromatic heterocycles. The monoisotopic (exact) mass is 470 g/mol. The summed E-state index contributed by atoms with van der Waals surface area (Å²) in [5.41, 5.74) is 4.99. The maximum Gasteiger partial charge on any atom is 0.323 e. The molecule has 166 valence electrons. The average molecular weight is 471 g/mol. The molecule has 0 spiro atoms. The lowest BCUT2D eigenvalue weighted by Gasteiger charge is -2.18. The Hall–Kier alpha value is -3.42. The Balaban J connectivity index is 0.00000181. The second-order valence-corrected chi connectivity index (χ2v) is 7.01. The van der Waals surface area contributed by atoms with Crippen LogP contribution in [0.2, 0.25) is 0 Å². The number of carbonyl (C=O) groups excluding carboxylic acids is 1. The zero-order valence-corrected chi connectivity index (χ0v) is 19.5. The van der Waals surface area contributed by atoms with Crippen LogP contribution in [0.3, 0.4) is 0 Å². The van der Waals surface area contributed by atoms with Crippen molar-refractivity contribution >= 4 is 64.8 Å². The number of rotatable bonds is 4. The van der Waals surface area contributed by atoms with E-state index in [4.69, 9.17) is 0 Å². The van der Waals surface area contributed by atoms with Gasteiger partial charge in [-0.05, 0) is 56.3 Å². The van der Waals surface area contributed by atoms with Gasteiger partial charge >= 0.3 is 6.03 Å². The van der Waals surface area contributed by atoms with E-state index in [0.29, 0.717) is 17.3 Å². The van der Waals surface area contributed by atoms with Crippen molar-refractivity contribution < 1.29 is 4.79 Å². The van der Waals surface area contributed by atoms with E-state index in [1.165, 1.54) is 0 Å². The summed E-state index contributed by atoms with van der Waals surface area (Å²) in [6, 6.07) is 18.6. The van der Waals surface area contributed by atoms with Crippen molar-refractivity contribution in [2.24, 2.45) is 0 Å². The van der Waals surface area contributed by atoms with Gasteiger partial charge in [0.05, 0.1) is 11.2 Å². The molecule has 32 heavy (non-hydrogen) atoms. The topological polar surface area (TPSA) is 83.0 Å². The van der Waals surface area contributed by atoms with Gasteiger partial charge in [0, 0.05) is 41.4 Å². The number of aromatic nitrogens is 3. The molecule has 4 aromatic rings. The first-order chi connectivity index (χ1) is 14.5. The van der Waals surface area contributed by atoms with E-state index in [1.807, 2.05) is 80.4 Å². The van der Waals surface area contributed by atoms with E-state index in [9.17, 15) is 4.79 Å². The SMILES string of the molecule is Cc1cc(C)nc(N(C)c2ccc(NC(=O)Nc3ccnc4ccccc34)cc2)n1.Cl.Cl. The number of halogens is 2. The molecule has 0 aliphatic heterocycles. The third-order valence-electron chi connectivity index (χ3n) is 4.68. The maximum atomic E-state index is 12.5. The smallest absolute Gasteiger partial charge is 0.314 e. The lowest BCUT2D eigenvalue weighted by atomic mass is 10.2. The van der Waals surface area contributed by atoms with Crippen molar-refractivity contribution in [3.8, 4) is 0 Å². The number of hydrogen-bond donors (Lipinski definition) is 2. The Morgan fingerprint density at radius 1 is 0.875 bits per heavy atom. The zero-order valence-electron chi connectivity index (χ0n) is 17.9. The molecule has 0 atom stereocenters. The lowest BCUT2D eigenvalue weighted by Crippen LogP contribution is -2.19. The highest BCUT2D eigenvalue weighted by atomic mass is 35.5. The Bertz CT molecular complexity index is 1190. The second kappa shape index (κ2) is 10.7. The minimum absolute atomic E-state index is 0. The lowest BCUT2D eigenvalue weighted by molar-refractivity contribution is 0.262. The summed E-state index contributed by atoms with van der Waals surface area (Å²) in [6.07, 6.45) is 1.68. The largest absolute Gasteiger partial charge is 0.323 e. The molecule has 4 rings (SSSR count). The minimum Gasteiger partial charge on any atom is -0.314 e. The molecule has 0 aliphatic carbocycles. The first-order valence-corrected chi connectivity index (χ1v) is 9.57. The number of pyridine rings is 1. The highest BCUT2D eigenvalue weighted by Gasteiger charge is 2.10. The molecule has 7 nitrogen and oxygen atoms in total. The Morgan fingerprint density at radius 2 is 1.53 bits per heavy atom. The summed E-state index contributed by atoms with van der Waals surface area (Å²) in [6.45, 7) is 3.90. The number of benzene rings is 2. The number of hydrogen-bond acceptors (Lipinski definition) is 5. The van der Waals surface area contributed by atoms with Crippen LogP contribution in [0.25, 0.3) is 10.9 Å². The first kappa shape index (κ1) is 24.8. The fourth-order valence-electron chi connectivity index (χ4n) is 3.23. The zero-order chi connectivity index (χ0) is 21.1. The highest BCUT2D eigenvalue weighted by Crippen LogP contribution is 2.24. The second-order valence-electron chi connectivity index (χ2n) is 7.01. The molecule has 0 unspecified atom stereocenters. The number of aryl methyl sites for hydroxylation is 2. The number of nitrogens with one attached hydrogen (secondary N) is 2. The van der Waals surface area contributed by atoms with Crippen LogP contribution in [0.5, 0.6) is 0 Å². The number of fused-ring (bicyclic) bond motifs is 1. The van der Waals surface area contributed by atoms with Crippen LogP contribution in [-0.2, 0) is 0 Å². The van der Waals surface area contributed by atoms with Crippen molar-refractivity contribution in [2.45, 2.75) is 13.8 Å². The van der Waals surface area contributed by atoms with Crippen LogP contribution in [0.1, 0.15) is 11.4 Å². The Morgan fingerprint density at radius 3 is 2.22 bits per heavy atom. The highest BCUT2D eigenvalue weighted by molar-refractivity contribution is 6.05. The average Bonchev–Trinajstić information content (AvgIpc) is 2.73. The molecule has 0 fully saturated rings. The molecular weight excluding hydrogens is 447 g/mol. The predicted molar refractivity (Wildman–Crippen MR) is 135 cm³/mol. The van der Waals surface area contributed by atoms with Crippen LogP contribution in [0.4, 0.5) is 27.8 Å². The van der Waals surface area contributed by atoms with Crippen LogP contribution >= 0.6 is 24.8 Å². The molecule has 2 amide bonds. The van der Waals surface area contributed by atoms with E-state index in [1.54, 1.807) is 12.3 Å². The number of nitrogens with zero attached hydrogens (tertiary/aromatic N) is 4. The Kier molecular flexibility index (Phi) is 8.34. The van der Waals surface area contributed by atoms with E-state index in [2.05, 4.69) is 25.6 Å². The molecule has 0 radical (unpaired) electrons. The molecule has 2 N–H and O–H groups in total. The molecule has 0 saturated heterocycles. The van der Waals surface area contributed by atoms with Gasteiger partial charge in [-0.25, -0.2) is 14.8 Å². The summed E-state index contributed by atoms with van der Waals surface area (Å²) in [4.78, 5) is 27.7. The van der Waals surface area contributed by atoms with Gasteiger partial charge in [-0.1, -0.05) is 18.2 Å².